The van der Waals surface area contributed by atoms with E-state index in [1.54, 1.807) is 7.11 Å². The van der Waals surface area contributed by atoms with Gasteiger partial charge in [0, 0.05) is 38.8 Å². The van der Waals surface area contributed by atoms with E-state index in [0.717, 1.165) is 29.8 Å². The highest BCUT2D eigenvalue weighted by atomic mass is 127. The van der Waals surface area contributed by atoms with Crippen molar-refractivity contribution in [1.82, 2.24) is 10.6 Å². The topological polar surface area (TPSA) is 75.1 Å². The molecule has 0 aliphatic carbocycles. The number of halogens is 1. The second-order valence-electron chi connectivity index (χ2n) is 5.15. The molecule has 0 atom stereocenters. The minimum atomic E-state index is 0. The molecule has 0 saturated heterocycles. The van der Waals surface area contributed by atoms with Crippen LogP contribution in [0.1, 0.15) is 24.5 Å². The number of ether oxygens (including phenoxy) is 2. The summed E-state index contributed by atoms with van der Waals surface area (Å²) >= 11 is 0. The van der Waals surface area contributed by atoms with Gasteiger partial charge in [0.25, 0.3) is 0 Å². The smallest absolute Gasteiger partial charge is 0.191 e. The number of hydrogen-bond donors (Lipinski definition) is 3. The summed E-state index contributed by atoms with van der Waals surface area (Å²) in [6.45, 7) is 7.19. The SMILES string of the molecule is CCNC(=NCc1ccc(C)cc1OCCCOC)NCCO.I. The summed E-state index contributed by atoms with van der Waals surface area (Å²) in [5, 5.41) is 15.1. The maximum absolute atomic E-state index is 8.91. The Morgan fingerprint density at radius 2 is 2.04 bits per heavy atom. The highest BCUT2D eigenvalue weighted by molar-refractivity contribution is 14.0. The zero-order valence-electron chi connectivity index (χ0n) is 14.8. The average molecular weight is 451 g/mol. The number of rotatable bonds is 10. The van der Waals surface area contributed by atoms with E-state index in [-0.39, 0.29) is 30.6 Å². The van der Waals surface area contributed by atoms with Crippen molar-refractivity contribution in [3.05, 3.63) is 29.3 Å². The summed E-state index contributed by atoms with van der Waals surface area (Å²) in [5.41, 5.74) is 2.19. The molecule has 0 saturated carbocycles. The minimum Gasteiger partial charge on any atom is -0.493 e. The van der Waals surface area contributed by atoms with Crippen LogP contribution in [0.4, 0.5) is 0 Å². The van der Waals surface area contributed by atoms with E-state index in [1.165, 1.54) is 0 Å². The number of aliphatic hydroxyl groups is 1. The molecule has 1 aromatic carbocycles. The summed E-state index contributed by atoms with van der Waals surface area (Å²) in [6.07, 6.45) is 0.855. The maximum atomic E-state index is 8.91. The summed E-state index contributed by atoms with van der Waals surface area (Å²) in [7, 11) is 1.69. The molecule has 0 bridgehead atoms. The average Bonchev–Trinajstić information content (AvgIpc) is 2.55. The van der Waals surface area contributed by atoms with E-state index in [4.69, 9.17) is 14.6 Å². The number of nitrogens with zero attached hydrogens (tertiary/aromatic N) is 1. The van der Waals surface area contributed by atoms with Crippen LogP contribution in [0.2, 0.25) is 0 Å². The van der Waals surface area contributed by atoms with Crippen molar-refractivity contribution in [1.29, 1.82) is 0 Å². The van der Waals surface area contributed by atoms with Crippen LogP contribution in [0.15, 0.2) is 23.2 Å². The van der Waals surface area contributed by atoms with Gasteiger partial charge in [-0.25, -0.2) is 4.99 Å². The van der Waals surface area contributed by atoms with E-state index in [0.29, 0.717) is 32.3 Å². The standard InChI is InChI=1S/C17H29N3O3.HI/c1-4-18-17(19-8-9-21)20-13-15-7-6-14(2)12-16(15)23-11-5-10-22-3;/h6-7,12,21H,4-5,8-11,13H2,1-3H3,(H2,18,19,20);1H. The number of guanidine groups is 1. The van der Waals surface area contributed by atoms with Crippen molar-refractivity contribution in [2.24, 2.45) is 4.99 Å². The number of benzene rings is 1. The number of aliphatic hydroxyl groups excluding tert-OH is 1. The van der Waals surface area contributed by atoms with Gasteiger partial charge in [-0.1, -0.05) is 12.1 Å². The third-order valence-corrected chi connectivity index (χ3v) is 3.13. The Morgan fingerprint density at radius 3 is 2.71 bits per heavy atom. The van der Waals surface area contributed by atoms with E-state index >= 15 is 0 Å². The predicted molar refractivity (Wildman–Crippen MR) is 108 cm³/mol. The van der Waals surface area contributed by atoms with Crippen LogP contribution in [0, 0.1) is 6.92 Å². The van der Waals surface area contributed by atoms with Gasteiger partial charge in [-0.2, -0.15) is 0 Å². The van der Waals surface area contributed by atoms with Crippen molar-refractivity contribution in [2.45, 2.75) is 26.8 Å². The fourth-order valence-electron chi connectivity index (χ4n) is 1.99. The number of aliphatic imine (C=N–C) groups is 1. The molecule has 138 valence electrons. The molecule has 24 heavy (non-hydrogen) atoms. The highest BCUT2D eigenvalue weighted by Crippen LogP contribution is 2.21. The van der Waals surface area contributed by atoms with Gasteiger partial charge in [0.15, 0.2) is 5.96 Å². The Kier molecular flexibility index (Phi) is 13.7. The Morgan fingerprint density at radius 1 is 1.25 bits per heavy atom. The Labute approximate surface area is 162 Å². The summed E-state index contributed by atoms with van der Waals surface area (Å²) in [6, 6.07) is 6.13. The van der Waals surface area contributed by atoms with Crippen LogP contribution in [-0.2, 0) is 11.3 Å². The van der Waals surface area contributed by atoms with E-state index in [9.17, 15) is 0 Å². The van der Waals surface area contributed by atoms with Gasteiger partial charge in [-0.3, -0.25) is 0 Å². The van der Waals surface area contributed by atoms with Crippen molar-refractivity contribution in [2.75, 3.05) is 40.0 Å². The van der Waals surface area contributed by atoms with Crippen LogP contribution in [0.3, 0.4) is 0 Å². The maximum Gasteiger partial charge on any atom is 0.191 e. The predicted octanol–water partition coefficient (Wildman–Crippen LogP) is 2.08. The van der Waals surface area contributed by atoms with Gasteiger partial charge in [-0.15, -0.1) is 24.0 Å². The van der Waals surface area contributed by atoms with Crippen LogP contribution in [0.5, 0.6) is 5.75 Å². The zero-order valence-corrected chi connectivity index (χ0v) is 17.1. The van der Waals surface area contributed by atoms with Crippen LogP contribution in [0.25, 0.3) is 0 Å². The first-order chi connectivity index (χ1) is 11.2. The minimum absolute atomic E-state index is 0. The second kappa shape index (κ2) is 14.3. The Balaban J connectivity index is 0.00000529. The molecule has 7 heteroatoms. The lowest BCUT2D eigenvalue weighted by molar-refractivity contribution is 0.172. The van der Waals surface area contributed by atoms with Crippen LogP contribution < -0.4 is 15.4 Å². The molecule has 0 heterocycles. The third-order valence-electron chi connectivity index (χ3n) is 3.13. The largest absolute Gasteiger partial charge is 0.493 e. The number of hydrogen-bond acceptors (Lipinski definition) is 4. The Bertz CT molecular complexity index is 484. The monoisotopic (exact) mass is 451 g/mol. The van der Waals surface area contributed by atoms with E-state index in [1.807, 2.05) is 26.0 Å². The quantitative estimate of drug-likeness (QED) is 0.220. The van der Waals surface area contributed by atoms with E-state index < -0.39 is 0 Å². The molecule has 0 aromatic heterocycles. The lowest BCUT2D eigenvalue weighted by Gasteiger charge is -2.13. The Hall–Kier alpha value is -1.06. The van der Waals surface area contributed by atoms with Gasteiger partial charge in [0.05, 0.1) is 19.8 Å². The van der Waals surface area contributed by atoms with Gasteiger partial charge >= 0.3 is 0 Å². The fourth-order valence-corrected chi connectivity index (χ4v) is 1.99. The molecular weight excluding hydrogens is 421 g/mol. The van der Waals surface area contributed by atoms with Crippen molar-refractivity contribution in [3.8, 4) is 5.75 Å². The normalized spacial score (nSPS) is 10.9. The molecule has 0 aliphatic heterocycles. The van der Waals surface area contributed by atoms with Crippen molar-refractivity contribution >= 4 is 29.9 Å². The molecule has 0 unspecified atom stereocenters. The first kappa shape index (κ1) is 22.9. The van der Waals surface area contributed by atoms with Gasteiger partial charge in [-0.05, 0) is 25.5 Å². The van der Waals surface area contributed by atoms with Gasteiger partial charge in [0.2, 0.25) is 0 Å². The molecule has 0 fully saturated rings. The summed E-state index contributed by atoms with van der Waals surface area (Å²) < 4.78 is 10.9. The van der Waals surface area contributed by atoms with Crippen LogP contribution >= 0.6 is 24.0 Å². The van der Waals surface area contributed by atoms with Crippen molar-refractivity contribution in [3.63, 3.8) is 0 Å². The number of nitrogens with one attached hydrogen (secondary N) is 2. The molecule has 3 N–H and O–H groups in total. The first-order valence-electron chi connectivity index (χ1n) is 8.05. The fraction of sp³-hybridized carbons (Fsp3) is 0.588. The molecule has 1 rings (SSSR count). The highest BCUT2D eigenvalue weighted by Gasteiger charge is 2.05. The number of aryl methyl sites for hydroxylation is 1. The summed E-state index contributed by atoms with van der Waals surface area (Å²) in [5.74, 6) is 1.55. The lowest BCUT2D eigenvalue weighted by atomic mass is 10.1. The number of methoxy groups -OCH3 is 1. The van der Waals surface area contributed by atoms with Crippen LogP contribution in [-0.4, -0.2) is 51.1 Å². The van der Waals surface area contributed by atoms with E-state index in [2.05, 4.69) is 21.7 Å². The molecular formula is C17H30IN3O3. The molecule has 0 radical (unpaired) electrons. The zero-order chi connectivity index (χ0) is 16.9. The molecule has 1 aromatic rings. The summed E-state index contributed by atoms with van der Waals surface area (Å²) in [4.78, 5) is 4.53. The van der Waals surface area contributed by atoms with Gasteiger partial charge < -0.3 is 25.2 Å². The van der Waals surface area contributed by atoms with Crippen molar-refractivity contribution < 1.29 is 14.6 Å². The molecule has 0 spiro atoms. The molecule has 6 nitrogen and oxygen atoms in total. The molecule has 0 aliphatic rings. The lowest BCUT2D eigenvalue weighted by Crippen LogP contribution is -2.38. The first-order valence-corrected chi connectivity index (χ1v) is 8.05. The third kappa shape index (κ3) is 9.29. The second-order valence-corrected chi connectivity index (χ2v) is 5.15. The molecule has 0 amide bonds. The van der Waals surface area contributed by atoms with Gasteiger partial charge in [0.1, 0.15) is 5.75 Å².